The fraction of sp³-hybridized carbons (Fsp3) is 0.294. The number of hydrogen-bond donors (Lipinski definition) is 0. The molecule has 3 rings (SSSR count). The first kappa shape index (κ1) is 15.0. The van der Waals surface area contributed by atoms with Gasteiger partial charge in [0.2, 0.25) is 0 Å². The molecule has 0 spiro atoms. The lowest BCUT2D eigenvalue weighted by Crippen LogP contribution is -2.24. The van der Waals surface area contributed by atoms with Crippen LogP contribution in [0.25, 0.3) is 0 Å². The van der Waals surface area contributed by atoms with E-state index in [9.17, 15) is 4.39 Å². The van der Waals surface area contributed by atoms with Gasteiger partial charge in [0.25, 0.3) is 0 Å². The van der Waals surface area contributed by atoms with Crippen LogP contribution >= 0.6 is 31.9 Å². The first-order valence-electron chi connectivity index (χ1n) is 6.76. The Morgan fingerprint density at radius 2 is 1.90 bits per heavy atom. The van der Waals surface area contributed by atoms with Crippen molar-refractivity contribution in [1.82, 2.24) is 0 Å². The van der Waals surface area contributed by atoms with Crippen LogP contribution in [0, 0.1) is 5.82 Å². The minimum Gasteiger partial charge on any atom is -0.487 e. The maximum atomic E-state index is 13.6. The van der Waals surface area contributed by atoms with Gasteiger partial charge in [0.15, 0.2) is 0 Å². The number of benzene rings is 2. The van der Waals surface area contributed by atoms with Crippen molar-refractivity contribution in [3.8, 4) is 5.75 Å². The van der Waals surface area contributed by atoms with E-state index in [1.807, 2.05) is 18.2 Å². The average Bonchev–Trinajstić information content (AvgIpc) is 2.69. The minimum absolute atomic E-state index is 0.0430. The molecular formula is C17H15Br2FO. The zero-order valence-corrected chi connectivity index (χ0v) is 15.0. The van der Waals surface area contributed by atoms with E-state index >= 15 is 0 Å². The Morgan fingerprint density at radius 3 is 2.62 bits per heavy atom. The van der Waals surface area contributed by atoms with Crippen molar-refractivity contribution in [3.63, 3.8) is 0 Å². The predicted molar refractivity (Wildman–Crippen MR) is 89.7 cm³/mol. The molecule has 0 aromatic heterocycles. The van der Waals surface area contributed by atoms with Crippen LogP contribution in [0.3, 0.4) is 0 Å². The van der Waals surface area contributed by atoms with Gasteiger partial charge >= 0.3 is 0 Å². The number of hydrogen-bond acceptors (Lipinski definition) is 1. The molecule has 0 aliphatic carbocycles. The number of ether oxygens (including phenoxy) is 1. The largest absolute Gasteiger partial charge is 0.487 e. The van der Waals surface area contributed by atoms with E-state index in [-0.39, 0.29) is 16.2 Å². The number of alkyl halides is 1. The highest BCUT2D eigenvalue weighted by Gasteiger charge is 2.30. The molecule has 0 fully saturated rings. The Balaban J connectivity index is 1.95. The molecule has 1 aliphatic heterocycles. The molecular weight excluding hydrogens is 399 g/mol. The number of halogens is 3. The maximum absolute atomic E-state index is 13.6. The summed E-state index contributed by atoms with van der Waals surface area (Å²) in [7, 11) is 0. The lowest BCUT2D eigenvalue weighted by Gasteiger charge is -2.16. The van der Waals surface area contributed by atoms with Crippen molar-refractivity contribution in [2.24, 2.45) is 0 Å². The Bertz CT molecular complexity index is 677. The third-order valence-corrected chi connectivity index (χ3v) is 5.07. The lowest BCUT2D eigenvalue weighted by atomic mass is 9.98. The van der Waals surface area contributed by atoms with Crippen LogP contribution in [0.4, 0.5) is 4.39 Å². The zero-order valence-electron chi connectivity index (χ0n) is 11.8. The molecule has 0 radical (unpaired) electrons. The van der Waals surface area contributed by atoms with Crippen LogP contribution in [0.5, 0.6) is 5.75 Å². The highest BCUT2D eigenvalue weighted by Crippen LogP contribution is 2.39. The molecule has 0 bridgehead atoms. The number of rotatable bonds is 2. The summed E-state index contributed by atoms with van der Waals surface area (Å²) in [4.78, 5) is -0.0430. The van der Waals surface area contributed by atoms with Crippen molar-refractivity contribution in [2.45, 2.75) is 30.7 Å². The van der Waals surface area contributed by atoms with E-state index in [1.54, 1.807) is 6.07 Å². The van der Waals surface area contributed by atoms with Gasteiger partial charge in [-0.15, -0.1) is 0 Å². The normalized spacial score (nSPS) is 17.2. The van der Waals surface area contributed by atoms with Gasteiger partial charge in [0.1, 0.15) is 17.2 Å². The van der Waals surface area contributed by atoms with Crippen LogP contribution in [0.15, 0.2) is 40.9 Å². The molecule has 1 nitrogen and oxygen atoms in total. The van der Waals surface area contributed by atoms with Gasteiger partial charge in [-0.1, -0.05) is 44.0 Å². The first-order chi connectivity index (χ1) is 9.84. The minimum atomic E-state index is -0.241. The maximum Gasteiger partial charge on any atom is 0.124 e. The third-order valence-electron chi connectivity index (χ3n) is 3.56. The van der Waals surface area contributed by atoms with Gasteiger partial charge in [0, 0.05) is 10.9 Å². The van der Waals surface area contributed by atoms with Crippen molar-refractivity contribution in [1.29, 1.82) is 0 Å². The molecule has 21 heavy (non-hydrogen) atoms. The van der Waals surface area contributed by atoms with Crippen molar-refractivity contribution in [2.75, 3.05) is 0 Å². The zero-order chi connectivity index (χ0) is 15.2. The van der Waals surface area contributed by atoms with Crippen molar-refractivity contribution < 1.29 is 9.13 Å². The van der Waals surface area contributed by atoms with E-state index in [1.165, 1.54) is 11.6 Å². The summed E-state index contributed by atoms with van der Waals surface area (Å²) >= 11 is 7.01. The fourth-order valence-corrected chi connectivity index (χ4v) is 3.73. The van der Waals surface area contributed by atoms with Gasteiger partial charge in [0.05, 0.1) is 4.83 Å². The summed E-state index contributed by atoms with van der Waals surface area (Å²) < 4.78 is 20.2. The monoisotopic (exact) mass is 412 g/mol. The topological polar surface area (TPSA) is 9.23 Å². The molecule has 4 heteroatoms. The molecule has 2 aromatic carbocycles. The Labute approximate surface area is 140 Å². The molecule has 0 saturated carbocycles. The van der Waals surface area contributed by atoms with Crippen LogP contribution in [-0.2, 0) is 6.42 Å². The summed E-state index contributed by atoms with van der Waals surface area (Å²) in [6.45, 7) is 4.17. The molecule has 0 saturated heterocycles. The van der Waals surface area contributed by atoms with E-state index in [2.05, 4.69) is 51.8 Å². The standard InChI is InChI=1S/C17H15Br2FO/c1-17(2)9-12-5-10(3-4-15(12)21-17)16(19)11-6-13(18)8-14(20)7-11/h3-8,16H,9H2,1-2H3. The Hall–Kier alpha value is -0.870. The highest BCUT2D eigenvalue weighted by molar-refractivity contribution is 9.10. The van der Waals surface area contributed by atoms with Crippen LogP contribution in [0.2, 0.25) is 0 Å². The molecule has 1 atom stereocenters. The number of fused-ring (bicyclic) bond motifs is 1. The van der Waals surface area contributed by atoms with Gasteiger partial charge in [-0.05, 0) is 54.8 Å². The SMILES string of the molecule is CC1(C)Cc2cc(C(Br)c3cc(F)cc(Br)c3)ccc2O1. The lowest BCUT2D eigenvalue weighted by molar-refractivity contribution is 0.138. The quantitative estimate of drug-likeness (QED) is 0.566. The van der Waals surface area contributed by atoms with Crippen molar-refractivity contribution >= 4 is 31.9 Å². The predicted octanol–water partition coefficient (Wildman–Crippen LogP) is 5.79. The molecule has 1 heterocycles. The van der Waals surface area contributed by atoms with E-state index in [0.29, 0.717) is 0 Å². The highest BCUT2D eigenvalue weighted by atomic mass is 79.9. The second kappa shape index (κ2) is 5.40. The smallest absolute Gasteiger partial charge is 0.124 e. The van der Waals surface area contributed by atoms with Gasteiger partial charge in [-0.25, -0.2) is 4.39 Å². The van der Waals surface area contributed by atoms with Gasteiger partial charge < -0.3 is 4.74 Å². The molecule has 1 aliphatic rings. The second-order valence-electron chi connectivity index (χ2n) is 5.97. The van der Waals surface area contributed by atoms with Crippen LogP contribution in [-0.4, -0.2) is 5.60 Å². The summed E-state index contributed by atoms with van der Waals surface area (Å²) in [6, 6.07) is 11.1. The average molecular weight is 414 g/mol. The van der Waals surface area contributed by atoms with Crippen LogP contribution < -0.4 is 4.74 Å². The third kappa shape index (κ3) is 3.16. The van der Waals surface area contributed by atoms with E-state index < -0.39 is 0 Å². The van der Waals surface area contributed by atoms with Crippen LogP contribution in [0.1, 0.15) is 35.4 Å². The van der Waals surface area contributed by atoms with Gasteiger partial charge in [-0.3, -0.25) is 0 Å². The molecule has 0 amide bonds. The Morgan fingerprint density at radius 1 is 1.14 bits per heavy atom. The molecule has 2 aromatic rings. The summed E-state index contributed by atoms with van der Waals surface area (Å²) in [6.07, 6.45) is 0.892. The summed E-state index contributed by atoms with van der Waals surface area (Å²) in [5.74, 6) is 0.707. The fourth-order valence-electron chi connectivity index (χ4n) is 2.70. The van der Waals surface area contributed by atoms with Gasteiger partial charge in [-0.2, -0.15) is 0 Å². The molecule has 1 unspecified atom stereocenters. The van der Waals surface area contributed by atoms with E-state index in [4.69, 9.17) is 4.74 Å². The second-order valence-corrected chi connectivity index (χ2v) is 7.80. The summed E-state index contributed by atoms with van der Waals surface area (Å²) in [5, 5.41) is 0. The summed E-state index contributed by atoms with van der Waals surface area (Å²) in [5.41, 5.74) is 3.05. The van der Waals surface area contributed by atoms with Crippen molar-refractivity contribution in [3.05, 3.63) is 63.4 Å². The van der Waals surface area contributed by atoms with E-state index in [0.717, 1.165) is 27.8 Å². The molecule has 0 N–H and O–H groups in total. The molecule has 110 valence electrons. The first-order valence-corrected chi connectivity index (χ1v) is 8.47. The Kier molecular flexibility index (Phi) is 3.87.